The number of carbonyl (C=O) groups is 2. The second-order valence-electron chi connectivity index (χ2n) is 4.95. The number of ether oxygens (including phenoxy) is 1. The van der Waals surface area contributed by atoms with Crippen LogP contribution in [0.15, 0.2) is 30.3 Å². The Morgan fingerprint density at radius 1 is 1.26 bits per heavy atom. The second kappa shape index (κ2) is 5.01. The van der Waals surface area contributed by atoms with Crippen LogP contribution in [0.1, 0.15) is 18.4 Å². The molecule has 1 N–H and O–H groups in total. The van der Waals surface area contributed by atoms with Gasteiger partial charge >= 0.3 is 12.1 Å². The monoisotopic (exact) mass is 260 g/mol. The molecule has 0 radical (unpaired) electrons. The highest BCUT2D eigenvalue weighted by Gasteiger charge is 2.44. The fraction of sp³-hybridized carbons (Fsp3) is 0.429. The van der Waals surface area contributed by atoms with Crippen molar-refractivity contribution < 1.29 is 14.3 Å². The van der Waals surface area contributed by atoms with E-state index in [1.807, 2.05) is 30.3 Å². The third-order valence-electron chi connectivity index (χ3n) is 3.68. The van der Waals surface area contributed by atoms with Crippen LogP contribution in [0, 0.1) is 5.92 Å². The predicted molar refractivity (Wildman–Crippen MR) is 68.0 cm³/mol. The molecule has 2 fully saturated rings. The summed E-state index contributed by atoms with van der Waals surface area (Å²) in [6.07, 6.45) is 0.922. The first-order valence-corrected chi connectivity index (χ1v) is 6.55. The van der Waals surface area contributed by atoms with E-state index < -0.39 is 12.1 Å². The molecule has 2 unspecified atom stereocenters. The van der Waals surface area contributed by atoms with Crippen molar-refractivity contribution in [3.63, 3.8) is 0 Å². The van der Waals surface area contributed by atoms with Crippen molar-refractivity contribution in [3.8, 4) is 0 Å². The average molecular weight is 260 g/mol. The molecule has 5 heteroatoms. The van der Waals surface area contributed by atoms with E-state index in [-0.39, 0.29) is 12.1 Å². The van der Waals surface area contributed by atoms with Crippen LogP contribution in [0.3, 0.4) is 0 Å². The van der Waals surface area contributed by atoms with Gasteiger partial charge in [0.15, 0.2) is 0 Å². The number of hydrogen-bond donors (Lipinski definition) is 1. The van der Waals surface area contributed by atoms with Crippen molar-refractivity contribution in [2.24, 2.45) is 5.92 Å². The molecule has 1 aromatic carbocycles. The van der Waals surface area contributed by atoms with E-state index in [4.69, 9.17) is 4.74 Å². The molecule has 0 saturated carbocycles. The molecule has 3 rings (SSSR count). The summed E-state index contributed by atoms with van der Waals surface area (Å²) in [5, 5.41) is 3.26. The lowest BCUT2D eigenvalue weighted by molar-refractivity contribution is -0.154. The predicted octanol–water partition coefficient (Wildman–Crippen LogP) is 1.49. The first-order chi connectivity index (χ1) is 9.25. The lowest BCUT2D eigenvalue weighted by Gasteiger charge is -2.42. The van der Waals surface area contributed by atoms with E-state index in [9.17, 15) is 9.59 Å². The van der Waals surface area contributed by atoms with Crippen molar-refractivity contribution in [1.29, 1.82) is 0 Å². The van der Waals surface area contributed by atoms with Crippen molar-refractivity contribution in [3.05, 3.63) is 35.9 Å². The van der Waals surface area contributed by atoms with Crippen LogP contribution < -0.4 is 5.32 Å². The first-order valence-electron chi connectivity index (χ1n) is 6.55. The Bertz CT molecular complexity index is 489. The van der Waals surface area contributed by atoms with Crippen molar-refractivity contribution >= 4 is 12.1 Å². The minimum Gasteiger partial charge on any atom is -0.376 e. The molecule has 2 aliphatic rings. The summed E-state index contributed by atoms with van der Waals surface area (Å²) in [5.41, 5.74) is 1.03. The van der Waals surface area contributed by atoms with Gasteiger partial charge in [0.2, 0.25) is 0 Å². The molecule has 19 heavy (non-hydrogen) atoms. The van der Waals surface area contributed by atoms with Gasteiger partial charge in [-0.05, 0) is 24.9 Å². The van der Waals surface area contributed by atoms with Gasteiger partial charge < -0.3 is 4.74 Å². The van der Waals surface area contributed by atoms with Gasteiger partial charge in [-0.25, -0.2) is 4.79 Å². The van der Waals surface area contributed by atoms with Gasteiger partial charge in [-0.2, -0.15) is 0 Å². The Morgan fingerprint density at radius 3 is 2.84 bits per heavy atom. The number of benzene rings is 1. The SMILES string of the molecule is O=C1OC(=O)N(Cc2ccccc2)C2NCCCC12. The van der Waals surface area contributed by atoms with Gasteiger partial charge in [-0.15, -0.1) is 0 Å². The summed E-state index contributed by atoms with van der Waals surface area (Å²) in [4.78, 5) is 25.2. The normalized spacial score (nSPS) is 26.8. The summed E-state index contributed by atoms with van der Waals surface area (Å²) in [6, 6.07) is 9.72. The standard InChI is InChI=1S/C14H16N2O3/c17-13-11-7-4-8-15-12(11)16(14(18)19-13)9-10-5-2-1-3-6-10/h1-3,5-6,11-12,15H,4,7-9H2. The molecule has 100 valence electrons. The zero-order valence-corrected chi connectivity index (χ0v) is 10.5. The summed E-state index contributed by atoms with van der Waals surface area (Å²) in [5.74, 6) is -0.637. The Hall–Kier alpha value is -1.88. The largest absolute Gasteiger partial charge is 0.419 e. The van der Waals surface area contributed by atoms with E-state index in [0.717, 1.165) is 24.9 Å². The summed E-state index contributed by atoms with van der Waals surface area (Å²) in [7, 11) is 0. The topological polar surface area (TPSA) is 58.6 Å². The minimum absolute atomic E-state index is 0.234. The highest BCUT2D eigenvalue weighted by molar-refractivity contribution is 5.89. The van der Waals surface area contributed by atoms with Gasteiger partial charge in [-0.1, -0.05) is 30.3 Å². The van der Waals surface area contributed by atoms with E-state index in [2.05, 4.69) is 5.32 Å². The number of fused-ring (bicyclic) bond motifs is 1. The molecule has 2 saturated heterocycles. The Morgan fingerprint density at radius 2 is 2.05 bits per heavy atom. The second-order valence-corrected chi connectivity index (χ2v) is 4.95. The number of rotatable bonds is 2. The number of nitrogens with one attached hydrogen (secondary N) is 1. The zero-order chi connectivity index (χ0) is 13.2. The molecule has 0 aliphatic carbocycles. The van der Waals surface area contributed by atoms with Crippen LogP contribution in [-0.4, -0.2) is 29.7 Å². The summed E-state index contributed by atoms with van der Waals surface area (Å²) in [6.45, 7) is 1.29. The van der Waals surface area contributed by atoms with Crippen LogP contribution in [0.2, 0.25) is 0 Å². The van der Waals surface area contributed by atoms with E-state index in [0.29, 0.717) is 6.54 Å². The number of carbonyl (C=O) groups excluding carboxylic acids is 2. The van der Waals surface area contributed by atoms with Crippen molar-refractivity contribution in [1.82, 2.24) is 10.2 Å². The van der Waals surface area contributed by atoms with E-state index in [1.54, 1.807) is 4.90 Å². The number of amides is 1. The summed E-state index contributed by atoms with van der Waals surface area (Å²) < 4.78 is 4.85. The average Bonchev–Trinajstić information content (AvgIpc) is 2.45. The highest BCUT2D eigenvalue weighted by atomic mass is 16.6. The summed E-state index contributed by atoms with van der Waals surface area (Å²) >= 11 is 0. The van der Waals surface area contributed by atoms with Crippen LogP contribution in [0.4, 0.5) is 4.79 Å². The van der Waals surface area contributed by atoms with Crippen molar-refractivity contribution in [2.45, 2.75) is 25.6 Å². The zero-order valence-electron chi connectivity index (χ0n) is 10.5. The number of esters is 1. The van der Waals surface area contributed by atoms with Gasteiger partial charge in [0.1, 0.15) is 0 Å². The molecular formula is C14H16N2O3. The smallest absolute Gasteiger partial charge is 0.376 e. The van der Waals surface area contributed by atoms with Crippen molar-refractivity contribution in [2.75, 3.05) is 6.54 Å². The van der Waals surface area contributed by atoms with Gasteiger partial charge in [0.25, 0.3) is 0 Å². The molecule has 2 aliphatic heterocycles. The Kier molecular flexibility index (Phi) is 3.21. The van der Waals surface area contributed by atoms with E-state index >= 15 is 0 Å². The van der Waals surface area contributed by atoms with Gasteiger partial charge in [-0.3, -0.25) is 15.0 Å². The molecule has 0 bridgehead atoms. The maximum atomic E-state index is 11.9. The molecule has 0 aromatic heterocycles. The molecule has 1 aromatic rings. The molecule has 1 amide bonds. The number of hydrogen-bond acceptors (Lipinski definition) is 4. The number of nitrogens with zero attached hydrogens (tertiary/aromatic N) is 1. The minimum atomic E-state index is -0.551. The molecule has 2 heterocycles. The molecule has 5 nitrogen and oxygen atoms in total. The third kappa shape index (κ3) is 2.33. The van der Waals surface area contributed by atoms with Crippen LogP contribution in [0.25, 0.3) is 0 Å². The third-order valence-corrected chi connectivity index (χ3v) is 3.68. The fourth-order valence-corrected chi connectivity index (χ4v) is 2.72. The van der Waals surface area contributed by atoms with Gasteiger partial charge in [0, 0.05) is 0 Å². The number of piperidine rings is 1. The fourth-order valence-electron chi connectivity index (χ4n) is 2.72. The Labute approximate surface area is 111 Å². The maximum absolute atomic E-state index is 11.9. The van der Waals surface area contributed by atoms with Crippen LogP contribution in [0.5, 0.6) is 0 Å². The van der Waals surface area contributed by atoms with Crippen LogP contribution in [-0.2, 0) is 16.1 Å². The number of cyclic esters (lactones) is 2. The van der Waals surface area contributed by atoms with Crippen LogP contribution >= 0.6 is 0 Å². The quantitative estimate of drug-likeness (QED) is 0.646. The van der Waals surface area contributed by atoms with Gasteiger partial charge in [0.05, 0.1) is 18.6 Å². The molecular weight excluding hydrogens is 244 g/mol. The molecule has 0 spiro atoms. The maximum Gasteiger partial charge on any atom is 0.419 e. The lowest BCUT2D eigenvalue weighted by Crippen LogP contribution is -2.61. The van der Waals surface area contributed by atoms with E-state index in [1.165, 1.54) is 0 Å². The first kappa shape index (κ1) is 12.2. The molecule has 2 atom stereocenters. The lowest BCUT2D eigenvalue weighted by atomic mass is 9.94. The Balaban J connectivity index is 1.82. The highest BCUT2D eigenvalue weighted by Crippen LogP contribution is 2.27.